The molecular weight excluding hydrogens is 448 g/mol. The lowest BCUT2D eigenvalue weighted by atomic mass is 10.1. The number of rotatable bonds is 5. The van der Waals surface area contributed by atoms with Crippen LogP contribution in [0.3, 0.4) is 0 Å². The molecule has 0 fully saturated rings. The minimum atomic E-state index is -1.01. The molecule has 0 unspecified atom stereocenters. The van der Waals surface area contributed by atoms with E-state index in [9.17, 15) is 14.7 Å². The third-order valence-electron chi connectivity index (χ3n) is 6.28. The summed E-state index contributed by atoms with van der Waals surface area (Å²) in [7, 11) is 1.72. The third-order valence-corrected chi connectivity index (χ3v) is 7.76. The number of carbonyl (C=O) groups is 1. The topological polar surface area (TPSA) is 90.4 Å². The Kier molecular flexibility index (Phi) is 5.37. The zero-order valence-electron chi connectivity index (χ0n) is 19.7. The maximum absolute atomic E-state index is 12.9. The number of hydrogen-bond donors (Lipinski definition) is 3. The van der Waals surface area contributed by atoms with E-state index in [1.165, 1.54) is 16.9 Å². The van der Waals surface area contributed by atoms with Crippen LogP contribution in [0.5, 0.6) is 0 Å². The Balaban J connectivity index is 1.76. The molecule has 34 heavy (non-hydrogen) atoms. The summed E-state index contributed by atoms with van der Waals surface area (Å²) < 4.78 is 1.54. The van der Waals surface area contributed by atoms with Crippen LogP contribution < -0.4 is 15.8 Å². The van der Waals surface area contributed by atoms with E-state index < -0.39 is 5.60 Å². The van der Waals surface area contributed by atoms with Crippen molar-refractivity contribution in [1.82, 2.24) is 14.9 Å². The molecule has 1 aromatic carbocycles. The Labute approximate surface area is 201 Å². The van der Waals surface area contributed by atoms with Crippen molar-refractivity contribution in [1.29, 1.82) is 0 Å². The highest BCUT2D eigenvalue weighted by molar-refractivity contribution is 7.16. The van der Waals surface area contributed by atoms with Crippen LogP contribution in [0.15, 0.2) is 47.4 Å². The zero-order valence-corrected chi connectivity index (χ0v) is 20.5. The fourth-order valence-corrected chi connectivity index (χ4v) is 5.74. The number of carbonyl (C=O) groups excluding carboxylic acids is 1. The first-order valence-electron chi connectivity index (χ1n) is 11.4. The number of aliphatic hydroxyl groups is 1. The molecule has 1 aliphatic heterocycles. The minimum Gasteiger partial charge on any atom is -0.385 e. The fraction of sp³-hybridized carbons (Fsp3) is 0.308. The monoisotopic (exact) mass is 476 g/mol. The van der Waals surface area contributed by atoms with E-state index >= 15 is 0 Å². The molecule has 0 spiro atoms. The number of aromatic nitrogens is 2. The van der Waals surface area contributed by atoms with Gasteiger partial charge >= 0.3 is 0 Å². The standard InChI is InChI=1S/C26H28N4O3S/c1-5-27-24(31)18-12-16-17(14-29(4)25(32)22(16)28-18)23-20(13-21(34-23)26(2,3)33)30-11-10-15-8-6-7-9-19(15)30/h6-9,12-14,28,33H,5,10-11H2,1-4H3,(H,27,31). The number of aryl methyl sites for hydroxylation is 1. The number of benzene rings is 1. The van der Waals surface area contributed by atoms with Crippen LogP contribution in [0.2, 0.25) is 0 Å². The Morgan fingerprint density at radius 1 is 1.24 bits per heavy atom. The number of thiophene rings is 1. The van der Waals surface area contributed by atoms with Gasteiger partial charge in [-0.05, 0) is 51.0 Å². The molecule has 5 rings (SSSR count). The van der Waals surface area contributed by atoms with Gasteiger partial charge in [0.1, 0.15) is 11.2 Å². The number of nitrogens with zero attached hydrogens (tertiary/aromatic N) is 2. The van der Waals surface area contributed by atoms with E-state index in [1.807, 2.05) is 19.2 Å². The number of H-pyrrole nitrogens is 1. The predicted molar refractivity (Wildman–Crippen MR) is 137 cm³/mol. The van der Waals surface area contributed by atoms with Crippen LogP contribution in [-0.2, 0) is 19.1 Å². The Morgan fingerprint density at radius 2 is 2.00 bits per heavy atom. The predicted octanol–water partition coefficient (Wildman–Crippen LogP) is 4.27. The Hall–Kier alpha value is -3.36. The third kappa shape index (κ3) is 3.63. The number of anilines is 2. The molecule has 1 amide bonds. The normalized spacial score (nSPS) is 13.5. The van der Waals surface area contributed by atoms with Crippen molar-refractivity contribution in [3.8, 4) is 10.4 Å². The van der Waals surface area contributed by atoms with Crippen LogP contribution in [0.1, 0.15) is 41.7 Å². The van der Waals surface area contributed by atoms with Gasteiger partial charge in [-0.2, -0.15) is 0 Å². The minimum absolute atomic E-state index is 0.193. The molecule has 0 atom stereocenters. The van der Waals surface area contributed by atoms with Gasteiger partial charge in [-0.25, -0.2) is 0 Å². The highest BCUT2D eigenvalue weighted by Crippen LogP contribution is 2.48. The average molecular weight is 477 g/mol. The quantitative estimate of drug-likeness (QED) is 0.401. The highest BCUT2D eigenvalue weighted by Gasteiger charge is 2.29. The summed E-state index contributed by atoms with van der Waals surface area (Å²) in [5, 5.41) is 14.3. The summed E-state index contributed by atoms with van der Waals surface area (Å²) in [6.45, 7) is 6.75. The van der Waals surface area contributed by atoms with Crippen LogP contribution in [-0.4, -0.2) is 33.7 Å². The van der Waals surface area contributed by atoms with Gasteiger partial charge in [-0.15, -0.1) is 11.3 Å². The second-order valence-electron chi connectivity index (χ2n) is 9.20. The van der Waals surface area contributed by atoms with Gasteiger partial charge in [0.15, 0.2) is 0 Å². The van der Waals surface area contributed by atoms with E-state index in [4.69, 9.17) is 0 Å². The smallest absolute Gasteiger partial charge is 0.274 e. The van der Waals surface area contributed by atoms with Crippen LogP contribution in [0.4, 0.5) is 11.4 Å². The summed E-state index contributed by atoms with van der Waals surface area (Å²) in [4.78, 5) is 32.6. The molecule has 4 aromatic rings. The molecule has 0 bridgehead atoms. The summed E-state index contributed by atoms with van der Waals surface area (Å²) in [6, 6.07) is 12.2. The number of nitrogens with one attached hydrogen (secondary N) is 2. The molecule has 0 radical (unpaired) electrons. The van der Waals surface area contributed by atoms with Crippen LogP contribution >= 0.6 is 11.3 Å². The van der Waals surface area contributed by atoms with Gasteiger partial charge in [-0.3, -0.25) is 9.59 Å². The first-order valence-corrected chi connectivity index (χ1v) is 12.2. The maximum Gasteiger partial charge on any atom is 0.274 e. The second kappa shape index (κ2) is 8.14. The molecule has 0 aliphatic carbocycles. The van der Waals surface area contributed by atoms with Crippen LogP contribution in [0.25, 0.3) is 21.3 Å². The first kappa shape index (κ1) is 22.4. The lowest BCUT2D eigenvalue weighted by molar-refractivity contribution is 0.0825. The van der Waals surface area contributed by atoms with E-state index in [0.29, 0.717) is 23.1 Å². The van der Waals surface area contributed by atoms with Crippen molar-refractivity contribution in [3.63, 3.8) is 0 Å². The second-order valence-corrected chi connectivity index (χ2v) is 10.3. The number of aromatic amines is 1. The molecule has 1 aliphatic rings. The summed E-state index contributed by atoms with van der Waals surface area (Å²) in [5.74, 6) is -0.247. The molecule has 3 aromatic heterocycles. The highest BCUT2D eigenvalue weighted by atomic mass is 32.1. The van der Waals surface area contributed by atoms with E-state index in [0.717, 1.165) is 39.7 Å². The van der Waals surface area contributed by atoms with Crippen molar-refractivity contribution >= 4 is 39.5 Å². The van der Waals surface area contributed by atoms with Gasteiger partial charge in [0.25, 0.3) is 11.5 Å². The Morgan fingerprint density at radius 3 is 2.74 bits per heavy atom. The van der Waals surface area contributed by atoms with Gasteiger partial charge < -0.3 is 24.9 Å². The van der Waals surface area contributed by atoms with E-state index in [1.54, 1.807) is 31.5 Å². The maximum atomic E-state index is 12.9. The van der Waals surface area contributed by atoms with Crippen molar-refractivity contribution in [2.75, 3.05) is 18.0 Å². The molecule has 176 valence electrons. The number of amides is 1. The number of hydrogen-bond acceptors (Lipinski definition) is 5. The zero-order chi connectivity index (χ0) is 24.2. The number of para-hydroxylation sites is 1. The van der Waals surface area contributed by atoms with Gasteiger partial charge in [-0.1, -0.05) is 18.2 Å². The lowest BCUT2D eigenvalue weighted by Gasteiger charge is -2.20. The number of pyridine rings is 1. The Bertz CT molecular complexity index is 1470. The fourth-order valence-electron chi connectivity index (χ4n) is 4.56. The molecule has 3 N–H and O–H groups in total. The summed E-state index contributed by atoms with van der Waals surface area (Å²) >= 11 is 1.52. The molecule has 0 saturated carbocycles. The van der Waals surface area contributed by atoms with Crippen molar-refractivity contribution in [2.24, 2.45) is 7.05 Å². The van der Waals surface area contributed by atoms with E-state index in [2.05, 4.69) is 39.5 Å². The molecule has 8 heteroatoms. The molecular formula is C26H28N4O3S. The SMILES string of the molecule is CCNC(=O)c1cc2c(-c3sc(C(C)(C)O)cc3N3CCc4ccccc43)cn(C)c(=O)c2[nH]1. The van der Waals surface area contributed by atoms with Gasteiger partial charge in [0, 0.05) is 47.8 Å². The summed E-state index contributed by atoms with van der Waals surface area (Å²) in [6.07, 6.45) is 2.77. The van der Waals surface area contributed by atoms with E-state index in [-0.39, 0.29) is 11.5 Å². The van der Waals surface area contributed by atoms with Crippen molar-refractivity contribution < 1.29 is 9.90 Å². The lowest BCUT2D eigenvalue weighted by Crippen LogP contribution is -2.23. The van der Waals surface area contributed by atoms with Gasteiger partial charge in [0.05, 0.1) is 16.2 Å². The van der Waals surface area contributed by atoms with Crippen LogP contribution in [0, 0.1) is 0 Å². The summed E-state index contributed by atoms with van der Waals surface area (Å²) in [5.41, 5.74) is 3.83. The average Bonchev–Trinajstić information content (AvgIpc) is 3.52. The molecule has 4 heterocycles. The van der Waals surface area contributed by atoms with Crippen molar-refractivity contribution in [3.05, 3.63) is 69.1 Å². The molecule has 0 saturated heterocycles. The number of fused-ring (bicyclic) bond motifs is 2. The van der Waals surface area contributed by atoms with Gasteiger partial charge in [0.2, 0.25) is 0 Å². The first-order chi connectivity index (χ1) is 16.2. The largest absolute Gasteiger partial charge is 0.385 e. The molecule has 7 nitrogen and oxygen atoms in total. The van der Waals surface area contributed by atoms with Crippen molar-refractivity contribution in [2.45, 2.75) is 32.8 Å².